The molecule has 6 rings (SSSR count). The summed E-state index contributed by atoms with van der Waals surface area (Å²) in [6.07, 6.45) is 0.688. The number of piperazine rings is 1. The van der Waals surface area contributed by atoms with Crippen LogP contribution in [-0.4, -0.2) is 64.4 Å². The van der Waals surface area contributed by atoms with E-state index in [-0.39, 0.29) is 36.5 Å². The van der Waals surface area contributed by atoms with Gasteiger partial charge in [-0.3, -0.25) is 9.69 Å². The summed E-state index contributed by atoms with van der Waals surface area (Å²) in [4.78, 5) is 44.3. The second kappa shape index (κ2) is 9.10. The molecule has 0 aromatic heterocycles. The molecule has 2 saturated heterocycles. The molecule has 2 heterocycles. The molecule has 8 nitrogen and oxygen atoms in total. The van der Waals surface area contributed by atoms with Gasteiger partial charge in [-0.25, -0.2) is 9.59 Å². The molecule has 3 aromatic carbocycles. The number of nitriles is 1. The molecule has 1 aliphatic carbocycles. The van der Waals surface area contributed by atoms with Crippen LogP contribution in [-0.2, 0) is 4.79 Å². The van der Waals surface area contributed by atoms with E-state index >= 15 is 0 Å². The third-order valence-electron chi connectivity index (χ3n) is 7.43. The predicted molar refractivity (Wildman–Crippen MR) is 138 cm³/mol. The summed E-state index contributed by atoms with van der Waals surface area (Å²) >= 11 is 0. The number of rotatable bonds is 4. The van der Waals surface area contributed by atoms with Crippen molar-refractivity contribution in [1.82, 2.24) is 14.7 Å². The van der Waals surface area contributed by atoms with Gasteiger partial charge in [-0.05, 0) is 35.7 Å². The van der Waals surface area contributed by atoms with Gasteiger partial charge in [0.2, 0.25) is 0 Å². The van der Waals surface area contributed by atoms with E-state index < -0.39 is 6.04 Å². The van der Waals surface area contributed by atoms with Gasteiger partial charge in [0, 0.05) is 30.6 Å². The van der Waals surface area contributed by atoms with Crippen molar-refractivity contribution in [3.8, 4) is 17.2 Å². The van der Waals surface area contributed by atoms with E-state index in [1.54, 1.807) is 15.9 Å². The summed E-state index contributed by atoms with van der Waals surface area (Å²) in [5.74, 6) is -0.215. The third kappa shape index (κ3) is 4.08. The van der Waals surface area contributed by atoms with Crippen LogP contribution in [0.3, 0.4) is 0 Å². The molecule has 0 spiro atoms. The maximum absolute atomic E-state index is 13.3. The maximum Gasteiger partial charge on any atom is 0.327 e. The van der Waals surface area contributed by atoms with E-state index in [4.69, 9.17) is 0 Å². The minimum atomic E-state index is -0.678. The zero-order valence-corrected chi connectivity index (χ0v) is 20.1. The lowest BCUT2D eigenvalue weighted by atomic mass is 10.0. The molecule has 1 N–H and O–H groups in total. The number of hydrogen-bond acceptors (Lipinski definition) is 4. The average Bonchev–Trinajstić information content (AvgIpc) is 3.69. The van der Waals surface area contributed by atoms with Crippen LogP contribution >= 0.6 is 0 Å². The topological polar surface area (TPSA) is 96.8 Å². The second-order valence-corrected chi connectivity index (χ2v) is 9.63. The number of para-hydroxylation sites is 1. The molecule has 0 bridgehead atoms. The van der Waals surface area contributed by atoms with Gasteiger partial charge in [-0.15, -0.1) is 0 Å². The Morgan fingerprint density at radius 2 is 1.73 bits per heavy atom. The van der Waals surface area contributed by atoms with E-state index in [1.165, 1.54) is 4.90 Å². The quantitative estimate of drug-likeness (QED) is 0.552. The Hall–Kier alpha value is -4.64. The Morgan fingerprint density at radius 1 is 0.946 bits per heavy atom. The fourth-order valence-electron chi connectivity index (χ4n) is 5.43. The SMILES string of the molecule is N#Cc1cccc(C2CC2N2C(=O)[C@@H]3CN(C(=O)Nc4ccccc4-c4ccccc4)CCN3C2=O)c1. The highest BCUT2D eigenvalue weighted by Crippen LogP contribution is 2.47. The van der Waals surface area contributed by atoms with Crippen molar-refractivity contribution in [3.05, 3.63) is 90.0 Å². The molecule has 184 valence electrons. The van der Waals surface area contributed by atoms with Crippen LogP contribution in [0.1, 0.15) is 23.5 Å². The molecule has 3 atom stereocenters. The highest BCUT2D eigenvalue weighted by Gasteiger charge is 2.56. The van der Waals surface area contributed by atoms with Crippen molar-refractivity contribution >= 4 is 23.7 Å². The van der Waals surface area contributed by atoms with Gasteiger partial charge in [0.15, 0.2) is 0 Å². The summed E-state index contributed by atoms with van der Waals surface area (Å²) in [5.41, 5.74) is 4.13. The number of anilines is 1. The predicted octanol–water partition coefficient (Wildman–Crippen LogP) is 4.26. The van der Waals surface area contributed by atoms with Crippen molar-refractivity contribution in [3.63, 3.8) is 0 Å². The summed E-state index contributed by atoms with van der Waals surface area (Å²) in [6.45, 7) is 0.809. The molecular formula is C29H25N5O3. The van der Waals surface area contributed by atoms with Crippen LogP contribution in [0.5, 0.6) is 0 Å². The first-order chi connectivity index (χ1) is 18.0. The van der Waals surface area contributed by atoms with Gasteiger partial charge in [-0.2, -0.15) is 5.26 Å². The fourth-order valence-corrected chi connectivity index (χ4v) is 5.43. The summed E-state index contributed by atoms with van der Waals surface area (Å²) in [7, 11) is 0. The summed E-state index contributed by atoms with van der Waals surface area (Å²) in [6, 6.07) is 25.4. The lowest BCUT2D eigenvalue weighted by molar-refractivity contribution is -0.129. The van der Waals surface area contributed by atoms with Crippen molar-refractivity contribution in [2.24, 2.45) is 0 Å². The number of benzene rings is 3. The Kier molecular flexibility index (Phi) is 5.61. The lowest BCUT2D eigenvalue weighted by Gasteiger charge is -2.35. The van der Waals surface area contributed by atoms with E-state index in [0.717, 1.165) is 16.7 Å². The van der Waals surface area contributed by atoms with Crippen LogP contribution < -0.4 is 5.32 Å². The van der Waals surface area contributed by atoms with E-state index in [0.29, 0.717) is 30.8 Å². The van der Waals surface area contributed by atoms with E-state index in [9.17, 15) is 19.6 Å². The normalized spacial score (nSPS) is 22.5. The average molecular weight is 492 g/mol. The Balaban J connectivity index is 1.15. The van der Waals surface area contributed by atoms with Gasteiger partial charge in [0.1, 0.15) is 6.04 Å². The van der Waals surface area contributed by atoms with E-state index in [2.05, 4.69) is 11.4 Å². The highest BCUT2D eigenvalue weighted by molar-refractivity contribution is 6.06. The molecule has 3 fully saturated rings. The first-order valence-corrected chi connectivity index (χ1v) is 12.4. The number of carbonyl (C=O) groups is 3. The minimum absolute atomic E-state index is 0.0384. The monoisotopic (exact) mass is 491 g/mol. The van der Waals surface area contributed by atoms with Gasteiger partial charge in [0.25, 0.3) is 5.91 Å². The van der Waals surface area contributed by atoms with Gasteiger partial charge < -0.3 is 15.1 Å². The number of urea groups is 2. The van der Waals surface area contributed by atoms with Gasteiger partial charge in [0.05, 0.1) is 23.9 Å². The van der Waals surface area contributed by atoms with Crippen molar-refractivity contribution < 1.29 is 14.4 Å². The standard InChI is InChI=1S/C29H25N5O3/c30-17-19-7-6-10-21(15-19)23-16-25(23)34-27(35)26-18-32(13-14-33(26)29(34)37)28(36)31-24-12-5-4-11-22(24)20-8-2-1-3-9-20/h1-12,15,23,25-26H,13-14,16,18H2,(H,31,36)/t23?,25?,26-/m0/s1. The Labute approximate surface area is 214 Å². The van der Waals surface area contributed by atoms with Crippen LogP contribution in [0.2, 0.25) is 0 Å². The maximum atomic E-state index is 13.3. The number of amides is 5. The number of nitrogens with one attached hydrogen (secondary N) is 1. The van der Waals surface area contributed by atoms with Gasteiger partial charge >= 0.3 is 12.1 Å². The van der Waals surface area contributed by atoms with E-state index in [1.807, 2.05) is 72.8 Å². The number of fused-ring (bicyclic) bond motifs is 1. The molecule has 2 unspecified atom stereocenters. The number of imide groups is 1. The van der Waals surface area contributed by atoms with Gasteiger partial charge in [-0.1, -0.05) is 60.7 Å². The van der Waals surface area contributed by atoms with Crippen LogP contribution in [0.25, 0.3) is 11.1 Å². The first-order valence-electron chi connectivity index (χ1n) is 12.4. The zero-order valence-electron chi connectivity index (χ0n) is 20.1. The molecule has 1 saturated carbocycles. The van der Waals surface area contributed by atoms with Crippen molar-refractivity contribution in [2.45, 2.75) is 24.4 Å². The first kappa shape index (κ1) is 22.8. The van der Waals surface area contributed by atoms with Crippen molar-refractivity contribution in [1.29, 1.82) is 5.26 Å². The molecule has 2 aliphatic heterocycles. The summed E-state index contributed by atoms with van der Waals surface area (Å²) in [5, 5.41) is 12.2. The number of nitrogens with zero attached hydrogens (tertiary/aromatic N) is 4. The largest absolute Gasteiger partial charge is 0.327 e. The molecule has 3 aliphatic rings. The molecule has 8 heteroatoms. The Bertz CT molecular complexity index is 1430. The molecule has 0 radical (unpaired) electrons. The molecular weight excluding hydrogens is 466 g/mol. The summed E-state index contributed by atoms with van der Waals surface area (Å²) < 4.78 is 0. The number of carbonyl (C=O) groups excluding carboxylic acids is 3. The second-order valence-electron chi connectivity index (χ2n) is 9.63. The van der Waals surface area contributed by atoms with Crippen LogP contribution in [0, 0.1) is 11.3 Å². The Morgan fingerprint density at radius 3 is 2.54 bits per heavy atom. The molecule has 3 aromatic rings. The number of hydrogen-bond donors (Lipinski definition) is 1. The van der Waals surface area contributed by atoms with Crippen molar-refractivity contribution in [2.75, 3.05) is 25.0 Å². The molecule has 5 amide bonds. The fraction of sp³-hybridized carbons (Fsp3) is 0.241. The third-order valence-corrected chi connectivity index (χ3v) is 7.43. The lowest BCUT2D eigenvalue weighted by Crippen LogP contribution is -2.55. The zero-order chi connectivity index (χ0) is 25.5. The van der Waals surface area contributed by atoms with Crippen LogP contribution in [0.15, 0.2) is 78.9 Å². The van der Waals surface area contributed by atoms with Crippen LogP contribution in [0.4, 0.5) is 15.3 Å². The smallest absolute Gasteiger partial charge is 0.320 e. The molecule has 37 heavy (non-hydrogen) atoms. The minimum Gasteiger partial charge on any atom is -0.320 e. The highest BCUT2D eigenvalue weighted by atomic mass is 16.2.